The highest BCUT2D eigenvalue weighted by Gasteiger charge is 2.26. The van der Waals surface area contributed by atoms with E-state index in [1.54, 1.807) is 32.0 Å². The van der Waals surface area contributed by atoms with Gasteiger partial charge in [0, 0.05) is 12.6 Å². The minimum absolute atomic E-state index is 0.0236. The number of methoxy groups -OCH3 is 2. The fourth-order valence-electron chi connectivity index (χ4n) is 2.69. The van der Waals surface area contributed by atoms with E-state index < -0.39 is 15.9 Å². The second-order valence-electron chi connectivity index (χ2n) is 6.07. The number of likely N-dealkylation sites (N-methyl/N-ethyl adjacent to an activating group) is 1. The number of rotatable bonds is 10. The number of sulfonamides is 1. The van der Waals surface area contributed by atoms with Crippen molar-refractivity contribution in [2.24, 2.45) is 0 Å². The number of anilines is 1. The number of hydrogen-bond donors (Lipinski definition) is 1. The van der Waals surface area contributed by atoms with Gasteiger partial charge < -0.3 is 19.5 Å². The molecule has 0 aliphatic carbocycles. The van der Waals surface area contributed by atoms with Gasteiger partial charge >= 0.3 is 0 Å². The molecule has 2 aromatic rings. The Morgan fingerprint density at radius 2 is 1.77 bits per heavy atom. The predicted octanol–water partition coefficient (Wildman–Crippen LogP) is 3.41. The van der Waals surface area contributed by atoms with E-state index in [-0.39, 0.29) is 23.0 Å². The third-order valence-corrected chi connectivity index (χ3v) is 6.41. The van der Waals surface area contributed by atoms with Gasteiger partial charge in [0.2, 0.25) is 15.9 Å². The van der Waals surface area contributed by atoms with E-state index in [2.05, 4.69) is 5.32 Å². The zero-order chi connectivity index (χ0) is 22.3. The molecule has 0 bridgehead atoms. The van der Waals surface area contributed by atoms with Gasteiger partial charge in [-0.3, -0.25) is 4.79 Å². The summed E-state index contributed by atoms with van der Waals surface area (Å²) in [4.78, 5) is 12.6. The maximum Gasteiger partial charge on any atom is 0.243 e. The van der Waals surface area contributed by atoms with Crippen LogP contribution in [-0.2, 0) is 14.8 Å². The van der Waals surface area contributed by atoms with Crippen LogP contribution in [0.15, 0.2) is 41.3 Å². The summed E-state index contributed by atoms with van der Waals surface area (Å²) in [5.74, 6) is 0.816. The van der Waals surface area contributed by atoms with Gasteiger partial charge in [0.15, 0.2) is 0 Å². The molecule has 1 amide bonds. The molecule has 1 N–H and O–H groups in total. The molecule has 0 spiro atoms. The van der Waals surface area contributed by atoms with Gasteiger partial charge in [0.1, 0.15) is 17.2 Å². The summed E-state index contributed by atoms with van der Waals surface area (Å²) in [5, 5.41) is 2.85. The van der Waals surface area contributed by atoms with Gasteiger partial charge in [-0.1, -0.05) is 18.5 Å². The fourth-order valence-corrected chi connectivity index (χ4v) is 4.42. The Morgan fingerprint density at radius 1 is 1.07 bits per heavy atom. The average Bonchev–Trinajstić information content (AvgIpc) is 2.73. The van der Waals surface area contributed by atoms with Crippen molar-refractivity contribution in [2.45, 2.75) is 18.7 Å². The summed E-state index contributed by atoms with van der Waals surface area (Å²) in [6.45, 7) is 3.56. The molecule has 0 atom stereocenters. The first-order valence-corrected chi connectivity index (χ1v) is 11.0. The molecule has 0 aliphatic rings. The summed E-state index contributed by atoms with van der Waals surface area (Å²) in [6.07, 6.45) is 0. The molecule has 0 fully saturated rings. The van der Waals surface area contributed by atoms with Crippen LogP contribution >= 0.6 is 11.6 Å². The molecule has 0 unspecified atom stereocenters. The molecular formula is C20H25ClN2O6S. The van der Waals surface area contributed by atoms with E-state index in [9.17, 15) is 13.2 Å². The molecule has 30 heavy (non-hydrogen) atoms. The molecule has 164 valence electrons. The summed E-state index contributed by atoms with van der Waals surface area (Å²) >= 11 is 6.12. The summed E-state index contributed by atoms with van der Waals surface area (Å²) in [7, 11) is -0.976. The molecule has 0 aliphatic heterocycles. The van der Waals surface area contributed by atoms with Crippen molar-refractivity contribution in [1.29, 1.82) is 0 Å². The van der Waals surface area contributed by atoms with Gasteiger partial charge in [-0.15, -0.1) is 0 Å². The Morgan fingerprint density at radius 3 is 2.33 bits per heavy atom. The van der Waals surface area contributed by atoms with Crippen molar-refractivity contribution >= 4 is 33.2 Å². The van der Waals surface area contributed by atoms with E-state index in [0.29, 0.717) is 29.5 Å². The largest absolute Gasteiger partial charge is 0.497 e. The second kappa shape index (κ2) is 10.5. The first-order valence-electron chi connectivity index (χ1n) is 9.21. The van der Waals surface area contributed by atoms with E-state index in [1.807, 2.05) is 0 Å². The highest BCUT2D eigenvalue weighted by Crippen LogP contribution is 2.30. The Labute approximate surface area is 181 Å². The van der Waals surface area contributed by atoms with Crippen molar-refractivity contribution in [3.05, 3.63) is 41.4 Å². The monoisotopic (exact) mass is 456 g/mol. The van der Waals surface area contributed by atoms with Crippen LogP contribution in [0.3, 0.4) is 0 Å². The lowest BCUT2D eigenvalue weighted by atomic mass is 10.2. The van der Waals surface area contributed by atoms with E-state index >= 15 is 0 Å². The van der Waals surface area contributed by atoms with Crippen molar-refractivity contribution < 1.29 is 27.4 Å². The van der Waals surface area contributed by atoms with Crippen molar-refractivity contribution in [1.82, 2.24) is 4.31 Å². The molecule has 0 saturated heterocycles. The molecule has 2 rings (SSSR count). The van der Waals surface area contributed by atoms with Gasteiger partial charge in [0.25, 0.3) is 0 Å². The third-order valence-electron chi connectivity index (χ3n) is 4.19. The lowest BCUT2D eigenvalue weighted by Gasteiger charge is -2.21. The lowest BCUT2D eigenvalue weighted by molar-refractivity contribution is -0.116. The third kappa shape index (κ3) is 5.56. The van der Waals surface area contributed by atoms with Crippen LogP contribution < -0.4 is 19.5 Å². The topological polar surface area (TPSA) is 94.2 Å². The first-order chi connectivity index (χ1) is 14.3. The number of ether oxygens (including phenoxy) is 3. The highest BCUT2D eigenvalue weighted by atomic mass is 35.5. The molecule has 0 heterocycles. The summed E-state index contributed by atoms with van der Waals surface area (Å²) in [5.41, 5.74) is 0.374. The Kier molecular flexibility index (Phi) is 8.33. The van der Waals surface area contributed by atoms with Crippen molar-refractivity contribution in [3.63, 3.8) is 0 Å². The van der Waals surface area contributed by atoms with Crippen LogP contribution in [0.1, 0.15) is 13.8 Å². The zero-order valence-electron chi connectivity index (χ0n) is 17.3. The fraction of sp³-hybridized carbons (Fsp3) is 0.350. The number of halogens is 1. The number of nitrogens with zero attached hydrogens (tertiary/aromatic N) is 1. The van der Waals surface area contributed by atoms with Crippen molar-refractivity contribution in [3.8, 4) is 17.2 Å². The number of carbonyl (C=O) groups is 1. The molecule has 2 aromatic carbocycles. The molecule has 0 radical (unpaired) electrons. The molecular weight excluding hydrogens is 432 g/mol. The Balaban J connectivity index is 2.21. The van der Waals surface area contributed by atoms with Crippen LogP contribution in [0.5, 0.6) is 17.2 Å². The first kappa shape index (κ1) is 23.8. The van der Waals surface area contributed by atoms with Crippen LogP contribution in [0.2, 0.25) is 5.02 Å². The van der Waals surface area contributed by atoms with Crippen LogP contribution in [0.4, 0.5) is 5.69 Å². The maximum absolute atomic E-state index is 13.0. The van der Waals surface area contributed by atoms with Gasteiger partial charge in [-0.2, -0.15) is 4.31 Å². The Bertz CT molecular complexity index is 997. The summed E-state index contributed by atoms with van der Waals surface area (Å²) < 4.78 is 42.8. The number of carbonyl (C=O) groups excluding carboxylic acids is 1. The minimum atomic E-state index is -3.94. The molecule has 0 aromatic heterocycles. The average molecular weight is 457 g/mol. The number of hydrogen-bond acceptors (Lipinski definition) is 6. The van der Waals surface area contributed by atoms with Crippen LogP contribution in [-0.4, -0.2) is 52.5 Å². The Hall–Kier alpha value is -2.49. The molecule has 8 nitrogen and oxygen atoms in total. The molecule has 0 saturated carbocycles. The van der Waals surface area contributed by atoms with Crippen LogP contribution in [0.25, 0.3) is 0 Å². The number of nitrogens with one attached hydrogen (secondary N) is 1. The zero-order valence-corrected chi connectivity index (χ0v) is 18.8. The normalized spacial score (nSPS) is 11.3. The highest BCUT2D eigenvalue weighted by molar-refractivity contribution is 7.89. The van der Waals surface area contributed by atoms with E-state index in [4.69, 9.17) is 25.8 Å². The minimum Gasteiger partial charge on any atom is -0.497 e. The predicted molar refractivity (Wildman–Crippen MR) is 115 cm³/mol. The van der Waals surface area contributed by atoms with Gasteiger partial charge in [0.05, 0.1) is 43.0 Å². The van der Waals surface area contributed by atoms with Gasteiger partial charge in [-0.05, 0) is 37.3 Å². The number of amides is 1. The van der Waals surface area contributed by atoms with Crippen LogP contribution in [0, 0.1) is 0 Å². The smallest absolute Gasteiger partial charge is 0.243 e. The second-order valence-corrected chi connectivity index (χ2v) is 8.42. The SMILES string of the molecule is CCOc1ccc(S(=O)(=O)N(CC)CC(=O)Nc2cc(OC)ccc2OC)cc1Cl. The van der Waals surface area contributed by atoms with E-state index in [1.165, 1.54) is 32.4 Å². The molecule has 10 heteroatoms. The standard InChI is InChI=1S/C20H25ClN2O6S/c1-5-23(30(25,26)15-8-10-18(29-6-2)16(21)12-15)13-20(24)22-17-11-14(27-3)7-9-19(17)28-4/h7-12H,5-6,13H2,1-4H3,(H,22,24). The number of benzene rings is 2. The van der Waals surface area contributed by atoms with Gasteiger partial charge in [-0.25, -0.2) is 8.42 Å². The maximum atomic E-state index is 13.0. The summed E-state index contributed by atoms with van der Waals surface area (Å²) in [6, 6.07) is 9.13. The quantitative estimate of drug-likeness (QED) is 0.588. The van der Waals surface area contributed by atoms with E-state index in [0.717, 1.165) is 4.31 Å². The van der Waals surface area contributed by atoms with Crippen molar-refractivity contribution in [2.75, 3.05) is 39.2 Å². The lowest BCUT2D eigenvalue weighted by Crippen LogP contribution is -2.37.